The van der Waals surface area contributed by atoms with Gasteiger partial charge in [0.2, 0.25) is 0 Å². The number of nitrogens with zero attached hydrogens (tertiary/aromatic N) is 2. The average molecular weight is 279 g/mol. The van der Waals surface area contributed by atoms with Crippen LogP contribution in [-0.4, -0.2) is 15.9 Å². The number of carbonyl (C=O) groups excluding carboxylic acids is 1. The van der Waals surface area contributed by atoms with Crippen molar-refractivity contribution in [3.8, 4) is 0 Å². The van der Waals surface area contributed by atoms with E-state index in [1.54, 1.807) is 6.20 Å². The molecule has 2 aromatic heterocycles. The Morgan fingerprint density at radius 1 is 1.14 bits per heavy atom. The van der Waals surface area contributed by atoms with Gasteiger partial charge < -0.3 is 16.8 Å². The van der Waals surface area contributed by atoms with Gasteiger partial charge in [0.05, 0.1) is 23.0 Å². The topological polar surface area (TPSA) is 107 Å². The van der Waals surface area contributed by atoms with Crippen LogP contribution < -0.4 is 16.8 Å². The number of benzene rings is 1. The molecule has 104 valence electrons. The van der Waals surface area contributed by atoms with E-state index in [2.05, 4.69) is 15.3 Å². The molecule has 1 amide bonds. The van der Waals surface area contributed by atoms with Crippen LogP contribution in [0.15, 0.2) is 48.8 Å². The van der Waals surface area contributed by atoms with Gasteiger partial charge in [0.1, 0.15) is 5.82 Å². The van der Waals surface area contributed by atoms with Crippen LogP contribution in [0, 0.1) is 0 Å². The summed E-state index contributed by atoms with van der Waals surface area (Å²) >= 11 is 0. The van der Waals surface area contributed by atoms with Crippen molar-refractivity contribution in [2.24, 2.45) is 5.73 Å². The van der Waals surface area contributed by atoms with Gasteiger partial charge in [0.15, 0.2) is 0 Å². The number of nitrogens with one attached hydrogen (secondary N) is 1. The van der Waals surface area contributed by atoms with Crippen LogP contribution in [-0.2, 0) is 0 Å². The van der Waals surface area contributed by atoms with Crippen LogP contribution in [0.4, 0.5) is 17.2 Å². The Labute approximate surface area is 120 Å². The lowest BCUT2D eigenvalue weighted by Crippen LogP contribution is -2.14. The van der Waals surface area contributed by atoms with Crippen molar-refractivity contribution in [2.45, 2.75) is 0 Å². The molecule has 0 atom stereocenters. The van der Waals surface area contributed by atoms with Gasteiger partial charge in [-0.25, -0.2) is 4.98 Å². The molecule has 0 bridgehead atoms. The zero-order chi connectivity index (χ0) is 14.8. The van der Waals surface area contributed by atoms with E-state index in [1.807, 2.05) is 30.3 Å². The molecule has 0 aliphatic rings. The number of rotatable bonds is 3. The van der Waals surface area contributed by atoms with Gasteiger partial charge in [0.25, 0.3) is 5.91 Å². The van der Waals surface area contributed by atoms with E-state index in [0.29, 0.717) is 11.5 Å². The monoisotopic (exact) mass is 279 g/mol. The summed E-state index contributed by atoms with van der Waals surface area (Å²) in [5, 5.41) is 4.06. The summed E-state index contributed by atoms with van der Waals surface area (Å²) in [5.74, 6) is -0.209. The highest BCUT2D eigenvalue weighted by Gasteiger charge is 2.10. The summed E-state index contributed by atoms with van der Waals surface area (Å²) in [7, 11) is 0. The zero-order valence-electron chi connectivity index (χ0n) is 11.1. The number of amides is 1. The Balaban J connectivity index is 2.00. The molecule has 0 radical (unpaired) electrons. The summed E-state index contributed by atoms with van der Waals surface area (Å²) in [5.41, 5.74) is 13.3. The second-order valence-corrected chi connectivity index (χ2v) is 4.56. The third kappa shape index (κ3) is 2.59. The maximum atomic E-state index is 11.5. The number of aromatic nitrogens is 2. The first-order valence-electron chi connectivity index (χ1n) is 6.30. The smallest absolute Gasteiger partial charge is 0.252 e. The molecule has 21 heavy (non-hydrogen) atoms. The van der Waals surface area contributed by atoms with E-state index < -0.39 is 5.91 Å². The van der Waals surface area contributed by atoms with Crippen molar-refractivity contribution in [1.82, 2.24) is 9.97 Å². The van der Waals surface area contributed by atoms with Crippen LogP contribution >= 0.6 is 0 Å². The molecule has 1 aromatic carbocycles. The molecule has 6 heteroatoms. The van der Waals surface area contributed by atoms with Gasteiger partial charge in [-0.05, 0) is 30.3 Å². The van der Waals surface area contributed by atoms with Crippen molar-refractivity contribution in [1.29, 1.82) is 0 Å². The number of nitrogens with two attached hydrogens (primary N) is 2. The molecular formula is C15H13N5O. The Hall–Kier alpha value is -3.15. The minimum absolute atomic E-state index is 0.251. The Morgan fingerprint density at radius 3 is 2.81 bits per heavy atom. The van der Waals surface area contributed by atoms with Crippen LogP contribution in [0.1, 0.15) is 10.4 Å². The van der Waals surface area contributed by atoms with Crippen molar-refractivity contribution in [2.75, 3.05) is 11.1 Å². The molecule has 0 fully saturated rings. The highest BCUT2D eigenvalue weighted by molar-refractivity contribution is 5.99. The first-order chi connectivity index (χ1) is 10.1. The maximum Gasteiger partial charge on any atom is 0.252 e. The highest BCUT2D eigenvalue weighted by atomic mass is 16.1. The predicted molar refractivity (Wildman–Crippen MR) is 82.2 cm³/mol. The lowest BCUT2D eigenvalue weighted by atomic mass is 10.2. The molecule has 0 aliphatic carbocycles. The molecule has 3 aromatic rings. The largest absolute Gasteiger partial charge is 0.397 e. The highest BCUT2D eigenvalue weighted by Crippen LogP contribution is 2.23. The maximum absolute atomic E-state index is 11.5. The molecule has 6 nitrogen and oxygen atoms in total. The van der Waals surface area contributed by atoms with E-state index >= 15 is 0 Å². The van der Waals surface area contributed by atoms with E-state index in [1.165, 1.54) is 12.3 Å². The molecule has 0 aliphatic heterocycles. The fraction of sp³-hybridized carbons (Fsp3) is 0. The zero-order valence-corrected chi connectivity index (χ0v) is 11.1. The predicted octanol–water partition coefficient (Wildman–Crippen LogP) is 2.05. The number of anilines is 3. The fourth-order valence-electron chi connectivity index (χ4n) is 2.06. The summed E-state index contributed by atoms with van der Waals surface area (Å²) in [6, 6.07) is 11.0. The lowest BCUT2D eigenvalue weighted by Gasteiger charge is -2.10. The quantitative estimate of drug-likeness (QED) is 0.680. The molecule has 0 spiro atoms. The van der Waals surface area contributed by atoms with E-state index in [0.717, 1.165) is 16.6 Å². The fourth-order valence-corrected chi connectivity index (χ4v) is 2.06. The first kappa shape index (κ1) is 12.9. The Morgan fingerprint density at radius 2 is 2.00 bits per heavy atom. The first-order valence-corrected chi connectivity index (χ1v) is 6.30. The van der Waals surface area contributed by atoms with Gasteiger partial charge >= 0.3 is 0 Å². The van der Waals surface area contributed by atoms with Crippen molar-refractivity contribution in [3.63, 3.8) is 0 Å². The van der Waals surface area contributed by atoms with Gasteiger partial charge in [-0.3, -0.25) is 9.78 Å². The van der Waals surface area contributed by atoms with Crippen LogP contribution in [0.3, 0.4) is 0 Å². The molecule has 0 saturated heterocycles. The SMILES string of the molecule is NC(=O)c1cc(N)cnc1Nc1ccc2ncccc2c1. The van der Waals surface area contributed by atoms with Crippen LogP contribution in [0.2, 0.25) is 0 Å². The van der Waals surface area contributed by atoms with Gasteiger partial charge in [-0.15, -0.1) is 0 Å². The minimum Gasteiger partial charge on any atom is -0.397 e. The summed E-state index contributed by atoms with van der Waals surface area (Å²) in [6.07, 6.45) is 3.21. The Bertz CT molecular complexity index is 831. The Kier molecular flexibility index (Phi) is 3.12. The summed E-state index contributed by atoms with van der Waals surface area (Å²) < 4.78 is 0. The number of carbonyl (C=O) groups is 1. The van der Waals surface area contributed by atoms with Crippen molar-refractivity contribution in [3.05, 3.63) is 54.4 Å². The number of hydrogen-bond acceptors (Lipinski definition) is 5. The van der Waals surface area contributed by atoms with Crippen molar-refractivity contribution < 1.29 is 4.79 Å². The summed E-state index contributed by atoms with van der Waals surface area (Å²) in [4.78, 5) is 19.8. The van der Waals surface area contributed by atoms with Crippen LogP contribution in [0.5, 0.6) is 0 Å². The third-order valence-corrected chi connectivity index (χ3v) is 3.04. The second-order valence-electron chi connectivity index (χ2n) is 4.56. The standard InChI is InChI=1S/C15H13N5O/c16-10-7-12(14(17)21)15(19-8-10)20-11-3-4-13-9(6-11)2-1-5-18-13/h1-8H,16H2,(H2,17,21)(H,19,20). The normalized spacial score (nSPS) is 10.5. The number of hydrogen-bond donors (Lipinski definition) is 3. The second kappa shape index (κ2) is 5.09. The molecule has 3 rings (SSSR count). The van der Waals surface area contributed by atoms with Gasteiger partial charge in [0, 0.05) is 17.3 Å². The van der Waals surface area contributed by atoms with E-state index in [4.69, 9.17) is 11.5 Å². The molecule has 2 heterocycles. The van der Waals surface area contributed by atoms with Gasteiger partial charge in [-0.2, -0.15) is 0 Å². The number of nitrogen functional groups attached to an aromatic ring is 1. The third-order valence-electron chi connectivity index (χ3n) is 3.04. The molecule has 0 unspecified atom stereocenters. The molecule has 5 N–H and O–H groups in total. The van der Waals surface area contributed by atoms with Crippen molar-refractivity contribution >= 4 is 34.0 Å². The molecular weight excluding hydrogens is 266 g/mol. The number of primary amides is 1. The lowest BCUT2D eigenvalue weighted by molar-refractivity contribution is 0.100. The summed E-state index contributed by atoms with van der Waals surface area (Å²) in [6.45, 7) is 0. The van der Waals surface area contributed by atoms with E-state index in [-0.39, 0.29) is 5.56 Å². The average Bonchev–Trinajstić information content (AvgIpc) is 2.49. The minimum atomic E-state index is -0.584. The number of pyridine rings is 2. The van der Waals surface area contributed by atoms with E-state index in [9.17, 15) is 4.79 Å². The van der Waals surface area contributed by atoms with Crippen LogP contribution in [0.25, 0.3) is 10.9 Å². The number of fused-ring (bicyclic) bond motifs is 1. The molecule has 0 saturated carbocycles. The van der Waals surface area contributed by atoms with Gasteiger partial charge in [-0.1, -0.05) is 6.07 Å².